The lowest BCUT2D eigenvalue weighted by Crippen LogP contribution is -2.40. The molecule has 1 aromatic rings. The molecular weight excluding hydrogens is 326 g/mol. The highest BCUT2D eigenvalue weighted by atomic mass is 32.2. The summed E-state index contributed by atoms with van der Waals surface area (Å²) in [6.45, 7) is 2.50. The molecule has 9 heteroatoms. The molecule has 0 spiro atoms. The molecule has 0 fully saturated rings. The van der Waals surface area contributed by atoms with Gasteiger partial charge in [0.15, 0.2) is 4.90 Å². The molecule has 0 aliphatic rings. The molecule has 0 aromatic heterocycles. The van der Waals surface area contributed by atoms with E-state index in [1.807, 2.05) is 0 Å². The van der Waals surface area contributed by atoms with Gasteiger partial charge in [0.1, 0.15) is 23.8 Å². The summed E-state index contributed by atoms with van der Waals surface area (Å²) in [7, 11) is -0.116. The molecule has 0 atom stereocenters. The first kappa shape index (κ1) is 19.0. The van der Waals surface area contributed by atoms with E-state index < -0.39 is 28.6 Å². The number of carboxylic acids is 1. The third-order valence-electron chi connectivity index (χ3n) is 3.10. The summed E-state index contributed by atoms with van der Waals surface area (Å²) in [5, 5.41) is 8.99. The van der Waals surface area contributed by atoms with Crippen LogP contribution < -0.4 is 14.2 Å². The van der Waals surface area contributed by atoms with E-state index in [9.17, 15) is 13.2 Å². The van der Waals surface area contributed by atoms with E-state index in [2.05, 4.69) is 0 Å². The van der Waals surface area contributed by atoms with Gasteiger partial charge < -0.3 is 19.3 Å². The summed E-state index contributed by atoms with van der Waals surface area (Å²) >= 11 is 0. The molecule has 1 N–H and O–H groups in total. The SMILES string of the molecule is COc1cc(OC)c(S(=O)(=O)N(CC(=O)O)C(C)C)c(OC)c1. The Kier molecular flexibility index (Phi) is 6.22. The van der Waals surface area contributed by atoms with Crippen LogP contribution in [0.1, 0.15) is 13.8 Å². The van der Waals surface area contributed by atoms with Crippen LogP contribution in [0.15, 0.2) is 17.0 Å². The van der Waals surface area contributed by atoms with Crippen molar-refractivity contribution in [3.8, 4) is 17.2 Å². The zero-order valence-electron chi connectivity index (χ0n) is 13.7. The molecule has 1 aromatic carbocycles. The molecule has 0 amide bonds. The largest absolute Gasteiger partial charge is 0.496 e. The molecule has 1 rings (SSSR count). The predicted octanol–water partition coefficient (Wildman–Crippen LogP) is 1.20. The second kappa shape index (κ2) is 7.51. The summed E-state index contributed by atoms with van der Waals surface area (Å²) in [5.41, 5.74) is 0. The van der Waals surface area contributed by atoms with Gasteiger partial charge in [-0.3, -0.25) is 4.79 Å². The minimum Gasteiger partial charge on any atom is -0.496 e. The van der Waals surface area contributed by atoms with Crippen LogP contribution in [0.5, 0.6) is 17.2 Å². The van der Waals surface area contributed by atoms with Crippen LogP contribution in [0, 0.1) is 0 Å². The van der Waals surface area contributed by atoms with E-state index >= 15 is 0 Å². The molecule has 0 saturated heterocycles. The quantitative estimate of drug-likeness (QED) is 0.753. The van der Waals surface area contributed by atoms with Gasteiger partial charge in [0, 0.05) is 18.2 Å². The fourth-order valence-electron chi connectivity index (χ4n) is 2.02. The van der Waals surface area contributed by atoms with Crippen molar-refractivity contribution in [3.63, 3.8) is 0 Å². The zero-order chi connectivity index (χ0) is 17.8. The monoisotopic (exact) mass is 347 g/mol. The van der Waals surface area contributed by atoms with Gasteiger partial charge in [-0.15, -0.1) is 0 Å². The fraction of sp³-hybridized carbons (Fsp3) is 0.500. The number of methoxy groups -OCH3 is 3. The Bertz CT molecular complexity index is 645. The molecule has 130 valence electrons. The third kappa shape index (κ3) is 4.05. The average Bonchev–Trinajstić information content (AvgIpc) is 2.50. The number of hydrogen-bond donors (Lipinski definition) is 1. The van der Waals surface area contributed by atoms with Crippen molar-refractivity contribution in [1.29, 1.82) is 0 Å². The Balaban J connectivity index is 3.61. The number of ether oxygens (including phenoxy) is 3. The zero-order valence-corrected chi connectivity index (χ0v) is 14.5. The molecule has 0 saturated carbocycles. The Hall–Kier alpha value is -2.00. The van der Waals surface area contributed by atoms with E-state index in [0.29, 0.717) is 5.75 Å². The van der Waals surface area contributed by atoms with Crippen LogP contribution >= 0.6 is 0 Å². The number of hydrogen-bond acceptors (Lipinski definition) is 6. The number of carbonyl (C=O) groups is 1. The van der Waals surface area contributed by atoms with E-state index in [1.54, 1.807) is 13.8 Å². The molecule has 8 nitrogen and oxygen atoms in total. The van der Waals surface area contributed by atoms with Crippen LogP contribution in [0.4, 0.5) is 0 Å². The van der Waals surface area contributed by atoms with Crippen molar-refractivity contribution >= 4 is 16.0 Å². The first-order valence-corrected chi connectivity index (χ1v) is 8.16. The molecule has 23 heavy (non-hydrogen) atoms. The number of sulfonamides is 1. The molecule has 0 aliphatic carbocycles. The smallest absolute Gasteiger partial charge is 0.318 e. The third-order valence-corrected chi connectivity index (χ3v) is 5.19. The van der Waals surface area contributed by atoms with Crippen LogP contribution in [-0.4, -0.2) is 57.7 Å². The van der Waals surface area contributed by atoms with Gasteiger partial charge in [-0.2, -0.15) is 4.31 Å². The average molecular weight is 347 g/mol. The number of nitrogens with zero attached hydrogens (tertiary/aromatic N) is 1. The highest BCUT2D eigenvalue weighted by Gasteiger charge is 2.35. The van der Waals surface area contributed by atoms with Crippen molar-refractivity contribution in [3.05, 3.63) is 12.1 Å². The van der Waals surface area contributed by atoms with Gasteiger partial charge >= 0.3 is 5.97 Å². The first-order valence-electron chi connectivity index (χ1n) is 6.72. The maximum atomic E-state index is 12.9. The van der Waals surface area contributed by atoms with Crippen molar-refractivity contribution in [2.24, 2.45) is 0 Å². The Morgan fingerprint density at radius 2 is 1.61 bits per heavy atom. The van der Waals surface area contributed by atoms with Crippen LogP contribution in [-0.2, 0) is 14.8 Å². The summed E-state index contributed by atoms with van der Waals surface area (Å²) in [6, 6.07) is 2.23. The van der Waals surface area contributed by atoms with Gasteiger partial charge in [0.2, 0.25) is 0 Å². The lowest BCUT2D eigenvalue weighted by atomic mass is 10.3. The van der Waals surface area contributed by atoms with Crippen molar-refractivity contribution in [2.75, 3.05) is 27.9 Å². The van der Waals surface area contributed by atoms with Gasteiger partial charge in [-0.25, -0.2) is 8.42 Å². The van der Waals surface area contributed by atoms with E-state index in [-0.39, 0.29) is 16.4 Å². The van der Waals surface area contributed by atoms with Crippen molar-refractivity contribution < 1.29 is 32.5 Å². The molecular formula is C14H21NO7S. The number of benzene rings is 1. The molecule has 0 unspecified atom stereocenters. The minimum absolute atomic E-state index is 0.0113. The Morgan fingerprint density at radius 1 is 1.13 bits per heavy atom. The number of carboxylic acid groups (broad SMARTS) is 1. The maximum absolute atomic E-state index is 12.9. The van der Waals surface area contributed by atoms with Crippen molar-refractivity contribution in [1.82, 2.24) is 4.31 Å². The summed E-state index contributed by atoms with van der Waals surface area (Å²) in [5.74, 6) is -0.879. The highest BCUT2D eigenvalue weighted by molar-refractivity contribution is 7.89. The molecule has 0 radical (unpaired) electrons. The van der Waals surface area contributed by atoms with E-state index in [0.717, 1.165) is 4.31 Å². The van der Waals surface area contributed by atoms with Crippen molar-refractivity contribution in [2.45, 2.75) is 24.8 Å². The summed E-state index contributed by atoms with van der Waals surface area (Å²) < 4.78 is 42.1. The second-order valence-corrected chi connectivity index (χ2v) is 6.73. The first-order chi connectivity index (χ1) is 10.7. The minimum atomic E-state index is -4.16. The van der Waals surface area contributed by atoms with Crippen LogP contribution in [0.3, 0.4) is 0 Å². The lowest BCUT2D eigenvalue weighted by Gasteiger charge is -2.26. The maximum Gasteiger partial charge on any atom is 0.318 e. The molecule has 0 bridgehead atoms. The number of aliphatic carboxylic acids is 1. The summed E-state index contributed by atoms with van der Waals surface area (Å²) in [6.07, 6.45) is 0. The van der Waals surface area contributed by atoms with Gasteiger partial charge in [-0.05, 0) is 13.8 Å². The number of rotatable bonds is 8. The standard InChI is InChI=1S/C14H21NO7S/c1-9(2)15(8-13(16)17)23(18,19)14-11(21-4)6-10(20-3)7-12(14)22-5/h6-7,9H,8H2,1-5H3,(H,16,17). The van der Waals surface area contributed by atoms with E-state index in [1.165, 1.54) is 33.5 Å². The van der Waals surface area contributed by atoms with Gasteiger partial charge in [0.05, 0.1) is 21.3 Å². The summed E-state index contributed by atoms with van der Waals surface area (Å²) in [4.78, 5) is 10.8. The van der Waals surface area contributed by atoms with Crippen LogP contribution in [0.25, 0.3) is 0 Å². The Morgan fingerprint density at radius 3 is 1.91 bits per heavy atom. The topological polar surface area (TPSA) is 102 Å². The normalized spacial score (nSPS) is 11.6. The highest BCUT2D eigenvalue weighted by Crippen LogP contribution is 2.39. The second-order valence-electron chi connectivity index (χ2n) is 4.90. The van der Waals surface area contributed by atoms with E-state index in [4.69, 9.17) is 19.3 Å². The van der Waals surface area contributed by atoms with Crippen LogP contribution in [0.2, 0.25) is 0 Å². The van der Waals surface area contributed by atoms with Gasteiger partial charge in [0.25, 0.3) is 10.0 Å². The molecule has 0 aliphatic heterocycles. The van der Waals surface area contributed by atoms with Gasteiger partial charge in [-0.1, -0.05) is 0 Å². The molecule has 0 heterocycles. The predicted molar refractivity (Wildman–Crippen MR) is 82.8 cm³/mol. The fourth-order valence-corrected chi connectivity index (χ4v) is 3.89. The lowest BCUT2D eigenvalue weighted by molar-refractivity contribution is -0.137. The Labute approximate surface area is 135 Å².